The Morgan fingerprint density at radius 3 is 1.90 bits per heavy atom. The lowest BCUT2D eigenvalue weighted by molar-refractivity contribution is -0.143. The van der Waals surface area contributed by atoms with E-state index < -0.39 is 60.2 Å². The molecule has 2 rings (SSSR count). The lowest BCUT2D eigenvalue weighted by Gasteiger charge is -2.25. The number of carbonyl (C=O) groups excluding carboxylic acids is 3. The van der Waals surface area contributed by atoms with Crippen LogP contribution in [0.1, 0.15) is 30.4 Å². The molecule has 0 aliphatic heterocycles. The first-order chi connectivity index (χ1) is 19.5. The van der Waals surface area contributed by atoms with Crippen molar-refractivity contribution >= 4 is 41.4 Å². The van der Waals surface area contributed by atoms with Gasteiger partial charge in [-0.2, -0.15) is 11.8 Å². The first kappa shape index (κ1) is 33.1. The number of phenolic OH excluding ortho intramolecular Hbond substituents is 1. The van der Waals surface area contributed by atoms with Crippen LogP contribution in [0.15, 0.2) is 54.6 Å². The van der Waals surface area contributed by atoms with Gasteiger partial charge in [-0.3, -0.25) is 19.2 Å². The van der Waals surface area contributed by atoms with Crippen LogP contribution in [0.5, 0.6) is 5.75 Å². The molecule has 0 bridgehead atoms. The van der Waals surface area contributed by atoms with Gasteiger partial charge in [0, 0.05) is 12.8 Å². The summed E-state index contributed by atoms with van der Waals surface area (Å²) in [6.45, 7) is 0. The van der Waals surface area contributed by atoms with Gasteiger partial charge in [-0.05, 0) is 54.5 Å². The molecule has 3 amide bonds. The molecule has 4 atom stereocenters. The van der Waals surface area contributed by atoms with Crippen molar-refractivity contribution in [2.75, 3.05) is 12.0 Å². The smallest absolute Gasteiger partial charge is 0.326 e. The number of hydrogen-bond donors (Lipinski definition) is 7. The molecule has 8 N–H and O–H groups in total. The summed E-state index contributed by atoms with van der Waals surface area (Å²) in [7, 11) is 0. The zero-order chi connectivity index (χ0) is 30.4. The Hall–Kier alpha value is -4.10. The quantitative estimate of drug-likeness (QED) is 0.137. The van der Waals surface area contributed by atoms with Crippen LogP contribution in [0, 0.1) is 0 Å². The van der Waals surface area contributed by atoms with Crippen molar-refractivity contribution in [1.82, 2.24) is 16.0 Å². The van der Waals surface area contributed by atoms with E-state index in [0.717, 1.165) is 5.56 Å². The number of carboxylic acid groups (broad SMARTS) is 2. The van der Waals surface area contributed by atoms with Crippen molar-refractivity contribution in [1.29, 1.82) is 0 Å². The van der Waals surface area contributed by atoms with Gasteiger partial charge in [0.2, 0.25) is 17.7 Å². The number of carboxylic acids is 2. The number of hydrogen-bond acceptors (Lipinski definition) is 8. The van der Waals surface area contributed by atoms with Gasteiger partial charge < -0.3 is 37.0 Å². The van der Waals surface area contributed by atoms with Crippen molar-refractivity contribution in [2.45, 2.75) is 56.3 Å². The minimum absolute atomic E-state index is 0.00918. The molecule has 2 aromatic rings. The van der Waals surface area contributed by atoms with E-state index in [0.29, 0.717) is 11.3 Å². The summed E-state index contributed by atoms with van der Waals surface area (Å²) in [4.78, 5) is 62.0. The zero-order valence-corrected chi connectivity index (χ0v) is 23.4. The van der Waals surface area contributed by atoms with Gasteiger partial charge in [0.05, 0.1) is 6.04 Å². The Bertz CT molecular complexity index is 1180. The van der Waals surface area contributed by atoms with Gasteiger partial charge in [-0.1, -0.05) is 42.5 Å². The van der Waals surface area contributed by atoms with Crippen LogP contribution in [-0.4, -0.2) is 81.2 Å². The summed E-state index contributed by atoms with van der Waals surface area (Å²) in [5.41, 5.74) is 7.49. The SMILES string of the molecule is CSCCC(NC(=O)C(N)Cc1ccccc1)C(=O)NC(Cc1ccc(O)cc1)C(=O)NC(CCC(=O)O)C(=O)O. The first-order valence-electron chi connectivity index (χ1n) is 12.9. The van der Waals surface area contributed by atoms with Crippen molar-refractivity contribution in [2.24, 2.45) is 5.73 Å². The molecule has 0 heterocycles. The number of phenols is 1. The lowest BCUT2D eigenvalue weighted by atomic mass is 10.0. The van der Waals surface area contributed by atoms with Crippen LogP contribution in [-0.2, 0) is 36.8 Å². The Labute approximate surface area is 242 Å². The number of amides is 3. The molecule has 0 radical (unpaired) electrons. The number of thioether (sulfide) groups is 1. The fourth-order valence-corrected chi connectivity index (χ4v) is 4.36. The fraction of sp³-hybridized carbons (Fsp3) is 0.393. The van der Waals surface area contributed by atoms with Gasteiger partial charge in [0.25, 0.3) is 0 Å². The van der Waals surface area contributed by atoms with E-state index in [1.54, 1.807) is 0 Å². The van der Waals surface area contributed by atoms with Crippen molar-refractivity contribution in [3.63, 3.8) is 0 Å². The third-order valence-electron chi connectivity index (χ3n) is 6.15. The first-order valence-corrected chi connectivity index (χ1v) is 14.3. The second-order valence-corrected chi connectivity index (χ2v) is 10.4. The Balaban J connectivity index is 2.21. The van der Waals surface area contributed by atoms with Crippen LogP contribution in [0.25, 0.3) is 0 Å². The molecule has 0 aliphatic rings. The zero-order valence-electron chi connectivity index (χ0n) is 22.6. The largest absolute Gasteiger partial charge is 0.508 e. The summed E-state index contributed by atoms with van der Waals surface area (Å²) in [6.07, 6.45) is 1.41. The van der Waals surface area contributed by atoms with Crippen LogP contribution in [0.4, 0.5) is 0 Å². The minimum Gasteiger partial charge on any atom is -0.508 e. The van der Waals surface area contributed by atoms with Crippen LogP contribution < -0.4 is 21.7 Å². The van der Waals surface area contributed by atoms with Gasteiger partial charge in [0.15, 0.2) is 0 Å². The summed E-state index contributed by atoms with van der Waals surface area (Å²) in [5, 5.41) is 35.6. The molecule has 0 saturated heterocycles. The molecule has 0 aliphatic carbocycles. The molecule has 0 aromatic heterocycles. The van der Waals surface area contributed by atoms with Crippen LogP contribution >= 0.6 is 11.8 Å². The van der Waals surface area contributed by atoms with Gasteiger partial charge >= 0.3 is 11.9 Å². The third kappa shape index (κ3) is 11.9. The Morgan fingerprint density at radius 1 is 0.756 bits per heavy atom. The van der Waals surface area contributed by atoms with E-state index >= 15 is 0 Å². The van der Waals surface area contributed by atoms with E-state index in [1.807, 2.05) is 36.6 Å². The monoisotopic (exact) mass is 588 g/mol. The normalized spacial score (nSPS) is 13.7. The minimum atomic E-state index is -1.50. The highest BCUT2D eigenvalue weighted by atomic mass is 32.2. The number of benzene rings is 2. The van der Waals surface area contributed by atoms with Gasteiger partial charge in [-0.15, -0.1) is 0 Å². The number of nitrogens with one attached hydrogen (secondary N) is 3. The molecule has 0 saturated carbocycles. The predicted octanol–water partition coefficient (Wildman–Crippen LogP) is 0.662. The lowest BCUT2D eigenvalue weighted by Crippen LogP contribution is -2.58. The van der Waals surface area contributed by atoms with Crippen molar-refractivity contribution in [3.8, 4) is 5.75 Å². The summed E-state index contributed by atoms with van der Waals surface area (Å²) in [6, 6.07) is 10.3. The number of carbonyl (C=O) groups is 5. The molecule has 0 spiro atoms. The average Bonchev–Trinajstić information content (AvgIpc) is 2.93. The third-order valence-corrected chi connectivity index (χ3v) is 6.79. The number of aliphatic carboxylic acids is 2. The number of aromatic hydroxyl groups is 1. The molecule has 13 heteroatoms. The van der Waals surface area contributed by atoms with E-state index in [4.69, 9.17) is 10.8 Å². The standard InChI is InChI=1S/C28H36N4O8S/c1-41-14-13-21(30-25(36)20(29)15-17-5-3-2-4-6-17)26(37)32-23(16-18-7-9-19(33)10-8-18)27(38)31-22(28(39)40)11-12-24(34)35/h2-10,20-23,33H,11-16,29H2,1H3,(H,30,36)(H,31,38)(H,32,37)(H,34,35)(H,39,40). The second-order valence-electron chi connectivity index (χ2n) is 9.40. The van der Waals surface area contributed by atoms with Crippen molar-refractivity contribution < 1.29 is 39.3 Å². The molecule has 0 fully saturated rings. The van der Waals surface area contributed by atoms with Crippen LogP contribution in [0.3, 0.4) is 0 Å². The Kier molecular flexibility index (Phi) is 13.6. The average molecular weight is 589 g/mol. The van der Waals surface area contributed by atoms with Crippen molar-refractivity contribution in [3.05, 3.63) is 65.7 Å². The molecule has 12 nitrogen and oxygen atoms in total. The second kappa shape index (κ2) is 16.9. The molecule has 2 aromatic carbocycles. The number of nitrogens with two attached hydrogens (primary N) is 1. The predicted molar refractivity (Wildman–Crippen MR) is 153 cm³/mol. The Morgan fingerprint density at radius 2 is 1.32 bits per heavy atom. The molecule has 4 unspecified atom stereocenters. The summed E-state index contributed by atoms with van der Waals surface area (Å²) in [5.74, 6) is -4.21. The van der Waals surface area contributed by atoms with Gasteiger partial charge in [0.1, 0.15) is 23.9 Å². The maximum absolute atomic E-state index is 13.4. The van der Waals surface area contributed by atoms with E-state index in [-0.39, 0.29) is 31.4 Å². The molecule has 41 heavy (non-hydrogen) atoms. The summed E-state index contributed by atoms with van der Waals surface area (Å²) < 4.78 is 0. The fourth-order valence-electron chi connectivity index (χ4n) is 3.89. The van der Waals surface area contributed by atoms with E-state index in [1.165, 1.54) is 36.0 Å². The molecular weight excluding hydrogens is 552 g/mol. The highest BCUT2D eigenvalue weighted by Crippen LogP contribution is 2.13. The topological polar surface area (TPSA) is 208 Å². The molecule has 222 valence electrons. The maximum atomic E-state index is 13.4. The van der Waals surface area contributed by atoms with Gasteiger partial charge in [-0.25, -0.2) is 4.79 Å². The van der Waals surface area contributed by atoms with E-state index in [2.05, 4.69) is 16.0 Å². The highest BCUT2D eigenvalue weighted by Gasteiger charge is 2.30. The molecular formula is C28H36N4O8S. The number of rotatable bonds is 17. The van der Waals surface area contributed by atoms with Crippen LogP contribution in [0.2, 0.25) is 0 Å². The summed E-state index contributed by atoms with van der Waals surface area (Å²) >= 11 is 1.46. The highest BCUT2D eigenvalue weighted by molar-refractivity contribution is 7.98. The maximum Gasteiger partial charge on any atom is 0.326 e. The van der Waals surface area contributed by atoms with E-state index in [9.17, 15) is 34.2 Å².